The quantitative estimate of drug-likeness (QED) is 0.790. The molecule has 1 aliphatic rings. The van der Waals surface area contributed by atoms with Gasteiger partial charge in [0.1, 0.15) is 0 Å². The number of nitrogens with zero attached hydrogens (tertiary/aromatic N) is 2. The molecule has 0 bridgehead atoms. The van der Waals surface area contributed by atoms with Crippen molar-refractivity contribution in [3.63, 3.8) is 0 Å². The average molecular weight is 380 g/mol. The van der Waals surface area contributed by atoms with Crippen LogP contribution in [0.2, 0.25) is 10.0 Å². The van der Waals surface area contributed by atoms with Crippen LogP contribution < -0.4 is 5.32 Å². The molecule has 0 unspecified atom stereocenters. The number of para-hydroxylation sites is 1. The normalized spacial score (nSPS) is 15.3. The van der Waals surface area contributed by atoms with Gasteiger partial charge in [-0.25, -0.2) is 0 Å². The van der Waals surface area contributed by atoms with Crippen molar-refractivity contribution in [3.8, 4) is 0 Å². The summed E-state index contributed by atoms with van der Waals surface area (Å²) in [7, 11) is 0. The Morgan fingerprint density at radius 3 is 2.46 bits per heavy atom. The van der Waals surface area contributed by atoms with Crippen molar-refractivity contribution in [1.82, 2.24) is 9.80 Å². The van der Waals surface area contributed by atoms with Crippen LogP contribution in [0.15, 0.2) is 48.5 Å². The van der Waals surface area contributed by atoms with Crippen molar-refractivity contribution < 1.29 is 0 Å². The van der Waals surface area contributed by atoms with Gasteiger partial charge in [0, 0.05) is 37.7 Å². The van der Waals surface area contributed by atoms with E-state index in [0.29, 0.717) is 5.02 Å². The van der Waals surface area contributed by atoms with E-state index < -0.39 is 0 Å². The molecule has 1 fully saturated rings. The minimum absolute atomic E-state index is 0.680. The first kappa shape index (κ1) is 17.5. The van der Waals surface area contributed by atoms with Crippen LogP contribution in [0.5, 0.6) is 0 Å². The third-order valence-electron chi connectivity index (χ3n) is 4.07. The van der Waals surface area contributed by atoms with Gasteiger partial charge < -0.3 is 10.2 Å². The van der Waals surface area contributed by atoms with Gasteiger partial charge >= 0.3 is 0 Å². The Labute approximate surface area is 158 Å². The van der Waals surface area contributed by atoms with Crippen molar-refractivity contribution in [2.24, 2.45) is 0 Å². The van der Waals surface area contributed by atoms with Gasteiger partial charge in [0.05, 0.1) is 10.7 Å². The lowest BCUT2D eigenvalue weighted by Crippen LogP contribution is -2.49. The molecule has 0 aromatic heterocycles. The minimum atomic E-state index is 0.680. The molecule has 0 atom stereocenters. The molecule has 0 saturated carbocycles. The third kappa shape index (κ3) is 4.61. The van der Waals surface area contributed by atoms with Gasteiger partial charge in [-0.3, -0.25) is 4.90 Å². The van der Waals surface area contributed by atoms with Crippen LogP contribution in [-0.4, -0.2) is 41.1 Å². The number of benzene rings is 2. The molecule has 1 saturated heterocycles. The number of hydrogen-bond donors (Lipinski definition) is 1. The number of halogens is 2. The van der Waals surface area contributed by atoms with Crippen LogP contribution >= 0.6 is 35.4 Å². The molecule has 0 spiro atoms. The topological polar surface area (TPSA) is 18.5 Å². The molecule has 6 heteroatoms. The van der Waals surface area contributed by atoms with E-state index in [1.54, 1.807) is 0 Å². The minimum Gasteiger partial charge on any atom is -0.346 e. The molecular weight excluding hydrogens is 361 g/mol. The van der Waals surface area contributed by atoms with Crippen molar-refractivity contribution in [1.29, 1.82) is 0 Å². The van der Waals surface area contributed by atoms with Crippen LogP contribution in [0, 0.1) is 0 Å². The summed E-state index contributed by atoms with van der Waals surface area (Å²) >= 11 is 17.7. The second-order valence-electron chi connectivity index (χ2n) is 5.80. The van der Waals surface area contributed by atoms with E-state index in [1.165, 1.54) is 5.56 Å². The molecule has 0 radical (unpaired) electrons. The van der Waals surface area contributed by atoms with E-state index in [2.05, 4.69) is 21.2 Å². The summed E-state index contributed by atoms with van der Waals surface area (Å²) in [6.07, 6.45) is 0. The number of piperazine rings is 1. The number of anilines is 1. The smallest absolute Gasteiger partial charge is 0.173 e. The fourth-order valence-corrected chi connectivity index (χ4v) is 3.45. The zero-order chi connectivity index (χ0) is 16.9. The third-order valence-corrected chi connectivity index (χ3v) is 5.00. The Kier molecular flexibility index (Phi) is 5.95. The molecule has 126 valence electrons. The van der Waals surface area contributed by atoms with E-state index in [0.717, 1.165) is 48.5 Å². The molecule has 3 nitrogen and oxygen atoms in total. The zero-order valence-electron chi connectivity index (χ0n) is 13.2. The Morgan fingerprint density at radius 2 is 1.75 bits per heavy atom. The van der Waals surface area contributed by atoms with E-state index in [1.807, 2.05) is 42.5 Å². The lowest BCUT2D eigenvalue weighted by molar-refractivity contribution is 0.177. The summed E-state index contributed by atoms with van der Waals surface area (Å²) in [5.74, 6) is 0. The van der Waals surface area contributed by atoms with Gasteiger partial charge in [-0.2, -0.15) is 0 Å². The highest BCUT2D eigenvalue weighted by Crippen LogP contribution is 2.21. The van der Waals surface area contributed by atoms with Crippen LogP contribution in [0.3, 0.4) is 0 Å². The number of nitrogens with one attached hydrogen (secondary N) is 1. The fraction of sp³-hybridized carbons (Fsp3) is 0.278. The predicted molar refractivity (Wildman–Crippen MR) is 106 cm³/mol. The molecule has 2 aromatic rings. The van der Waals surface area contributed by atoms with E-state index in [9.17, 15) is 0 Å². The van der Waals surface area contributed by atoms with Crippen molar-refractivity contribution in [3.05, 3.63) is 64.1 Å². The standard InChI is InChI=1S/C18H19Cl2N3S/c19-15-5-3-4-14(12-15)13-22-8-10-23(11-9-22)18(24)21-17-7-2-1-6-16(17)20/h1-7,12H,8-11,13H2,(H,21,24). The molecule has 1 N–H and O–H groups in total. The second kappa shape index (κ2) is 8.17. The van der Waals surface area contributed by atoms with Crippen molar-refractivity contribution in [2.45, 2.75) is 6.54 Å². The fourth-order valence-electron chi connectivity index (χ4n) is 2.76. The Balaban J connectivity index is 1.51. The van der Waals surface area contributed by atoms with Gasteiger partial charge in [-0.05, 0) is 42.0 Å². The first-order chi connectivity index (χ1) is 11.6. The van der Waals surface area contributed by atoms with Gasteiger partial charge in [-0.1, -0.05) is 47.5 Å². The highest BCUT2D eigenvalue weighted by Gasteiger charge is 2.19. The maximum absolute atomic E-state index is 6.17. The molecule has 0 aliphatic carbocycles. The maximum atomic E-state index is 6.17. The SMILES string of the molecule is S=C(Nc1ccccc1Cl)N1CCN(Cc2cccc(Cl)c2)CC1. The Hall–Kier alpha value is -1.33. The summed E-state index contributed by atoms with van der Waals surface area (Å²) in [5, 5.41) is 5.44. The summed E-state index contributed by atoms with van der Waals surface area (Å²) in [6, 6.07) is 15.7. The van der Waals surface area contributed by atoms with Crippen LogP contribution in [0.4, 0.5) is 5.69 Å². The molecule has 1 heterocycles. The summed E-state index contributed by atoms with van der Waals surface area (Å²) in [4.78, 5) is 4.60. The largest absolute Gasteiger partial charge is 0.346 e. The van der Waals surface area contributed by atoms with Crippen LogP contribution in [0.1, 0.15) is 5.56 Å². The van der Waals surface area contributed by atoms with Crippen LogP contribution in [-0.2, 0) is 6.54 Å². The van der Waals surface area contributed by atoms with E-state index >= 15 is 0 Å². The molecule has 24 heavy (non-hydrogen) atoms. The van der Waals surface area contributed by atoms with Gasteiger partial charge in [0.15, 0.2) is 5.11 Å². The van der Waals surface area contributed by atoms with Gasteiger partial charge in [-0.15, -0.1) is 0 Å². The van der Waals surface area contributed by atoms with Crippen molar-refractivity contribution in [2.75, 3.05) is 31.5 Å². The van der Waals surface area contributed by atoms with E-state index in [-0.39, 0.29) is 0 Å². The van der Waals surface area contributed by atoms with Gasteiger partial charge in [0.25, 0.3) is 0 Å². The first-order valence-corrected chi connectivity index (χ1v) is 9.05. The highest BCUT2D eigenvalue weighted by atomic mass is 35.5. The molecule has 3 rings (SSSR count). The Morgan fingerprint density at radius 1 is 1.00 bits per heavy atom. The predicted octanol–water partition coefficient (Wildman–Crippen LogP) is 4.51. The second-order valence-corrected chi connectivity index (χ2v) is 7.03. The van der Waals surface area contributed by atoms with Gasteiger partial charge in [0.2, 0.25) is 0 Å². The number of rotatable bonds is 3. The lowest BCUT2D eigenvalue weighted by atomic mass is 10.2. The Bertz CT molecular complexity index is 715. The molecule has 2 aromatic carbocycles. The molecular formula is C18H19Cl2N3S. The summed E-state index contributed by atoms with van der Waals surface area (Å²) < 4.78 is 0. The van der Waals surface area contributed by atoms with Crippen molar-refractivity contribution >= 4 is 46.2 Å². The number of hydrogen-bond acceptors (Lipinski definition) is 2. The maximum Gasteiger partial charge on any atom is 0.173 e. The number of thiocarbonyl (C=S) groups is 1. The van der Waals surface area contributed by atoms with Crippen LogP contribution in [0.25, 0.3) is 0 Å². The average Bonchev–Trinajstić information content (AvgIpc) is 2.57. The first-order valence-electron chi connectivity index (χ1n) is 7.89. The summed E-state index contributed by atoms with van der Waals surface area (Å²) in [5.41, 5.74) is 2.10. The summed E-state index contributed by atoms with van der Waals surface area (Å²) in [6.45, 7) is 4.65. The monoisotopic (exact) mass is 379 g/mol. The molecule has 0 amide bonds. The zero-order valence-corrected chi connectivity index (χ0v) is 15.5. The highest BCUT2D eigenvalue weighted by molar-refractivity contribution is 7.80. The lowest BCUT2D eigenvalue weighted by Gasteiger charge is -2.36. The van der Waals surface area contributed by atoms with E-state index in [4.69, 9.17) is 35.4 Å². The molecule has 1 aliphatic heterocycles.